The molecule has 0 saturated carbocycles. The fourth-order valence-electron chi connectivity index (χ4n) is 1.60. The Hall–Kier alpha value is 0.243. The standard InChI is InChI=1S/C14H22NO2.2ClH.Zr/c1-10(17-5)12-8-11(6-7-16)13(9-12)15-14(2,3)4;;;/h8,15-16H,6-7H2,1-5H3;2*1H;/q-1;;;+3/p-2. The number of halogens is 2. The molecule has 0 aliphatic heterocycles. The van der Waals surface area contributed by atoms with Crippen molar-refractivity contribution in [3.05, 3.63) is 34.8 Å². The minimum atomic E-state index is -0.0205. The van der Waals surface area contributed by atoms with Gasteiger partial charge in [-0.1, -0.05) is 5.70 Å². The van der Waals surface area contributed by atoms with E-state index in [1.165, 1.54) is 0 Å². The van der Waals surface area contributed by atoms with Crippen LogP contribution in [0.4, 0.5) is 0 Å². The van der Waals surface area contributed by atoms with Crippen molar-refractivity contribution in [1.29, 1.82) is 0 Å². The number of aliphatic hydroxyl groups is 1. The molecule has 0 fully saturated rings. The van der Waals surface area contributed by atoms with E-state index in [0.717, 1.165) is 22.6 Å². The first-order valence-corrected chi connectivity index (χ1v) is 5.86. The molecule has 0 saturated heterocycles. The fourth-order valence-corrected chi connectivity index (χ4v) is 1.60. The molecule has 0 amide bonds. The first kappa shape index (κ1) is 25.2. The number of hydrogen-bond donors (Lipinski definition) is 2. The quantitative estimate of drug-likeness (QED) is 0.379. The monoisotopic (exact) mass is 396 g/mol. The van der Waals surface area contributed by atoms with E-state index in [1.807, 2.05) is 13.0 Å². The van der Waals surface area contributed by atoms with Crippen LogP contribution in [0.3, 0.4) is 0 Å². The molecule has 1 aliphatic carbocycles. The maximum atomic E-state index is 9.07. The van der Waals surface area contributed by atoms with Crippen molar-refractivity contribution >= 4 is 0 Å². The van der Waals surface area contributed by atoms with E-state index >= 15 is 0 Å². The van der Waals surface area contributed by atoms with Crippen molar-refractivity contribution in [2.45, 2.75) is 39.7 Å². The van der Waals surface area contributed by atoms with Gasteiger partial charge >= 0.3 is 26.2 Å². The average molecular weight is 398 g/mol. The third kappa shape index (κ3) is 7.88. The van der Waals surface area contributed by atoms with E-state index in [4.69, 9.17) is 9.84 Å². The van der Waals surface area contributed by atoms with E-state index in [1.54, 1.807) is 7.11 Å². The Balaban J connectivity index is -0.000000963. The van der Waals surface area contributed by atoms with Gasteiger partial charge in [0.2, 0.25) is 0 Å². The third-order valence-corrected chi connectivity index (χ3v) is 2.47. The Morgan fingerprint density at radius 2 is 1.90 bits per heavy atom. The minimum Gasteiger partial charge on any atom is -1.00 e. The third-order valence-electron chi connectivity index (χ3n) is 2.47. The summed E-state index contributed by atoms with van der Waals surface area (Å²) in [6.45, 7) is 8.35. The maximum Gasteiger partial charge on any atom is 3.00 e. The Bertz CT molecular complexity index is 385. The predicted octanol–water partition coefficient (Wildman–Crippen LogP) is -3.69. The Morgan fingerprint density at radius 1 is 1.35 bits per heavy atom. The molecule has 0 unspecified atom stereocenters. The van der Waals surface area contributed by atoms with Gasteiger partial charge in [-0.15, -0.1) is 17.2 Å². The van der Waals surface area contributed by atoms with Gasteiger partial charge in [0, 0.05) is 17.9 Å². The number of nitrogens with one attached hydrogen (secondary N) is 1. The van der Waals surface area contributed by atoms with Gasteiger partial charge in [0.25, 0.3) is 0 Å². The number of aliphatic hydroxyl groups excluding tert-OH is 1. The largest absolute Gasteiger partial charge is 3.00 e. The number of rotatable bonds is 4. The zero-order chi connectivity index (χ0) is 13.1. The van der Waals surface area contributed by atoms with Crippen molar-refractivity contribution < 1.29 is 60.9 Å². The minimum absolute atomic E-state index is 0. The number of methoxy groups -OCH3 is 1. The zero-order valence-electron chi connectivity index (χ0n) is 12.6. The fraction of sp³-hybridized carbons (Fsp3) is 0.571. The van der Waals surface area contributed by atoms with Gasteiger partial charge in [-0.25, -0.2) is 0 Å². The summed E-state index contributed by atoms with van der Waals surface area (Å²) in [4.78, 5) is 0. The Morgan fingerprint density at radius 3 is 2.30 bits per heavy atom. The normalized spacial score (nSPS) is 15.9. The molecule has 6 heteroatoms. The SMILES string of the molecule is COC(C)=C1[C-]=C(NC(C)(C)C)C(CCO)=C1.[Cl-].[Cl-].[Zr+3]. The molecule has 20 heavy (non-hydrogen) atoms. The summed E-state index contributed by atoms with van der Waals surface area (Å²) in [5.41, 5.74) is 2.96. The zero-order valence-corrected chi connectivity index (χ0v) is 16.6. The molecule has 0 aromatic heterocycles. The van der Waals surface area contributed by atoms with Gasteiger partial charge < -0.3 is 40.0 Å². The van der Waals surface area contributed by atoms with Gasteiger partial charge in [-0.05, 0) is 34.1 Å². The molecule has 3 nitrogen and oxygen atoms in total. The Labute approximate surface area is 153 Å². The average Bonchev–Trinajstić information content (AvgIpc) is 2.58. The van der Waals surface area contributed by atoms with Crippen molar-refractivity contribution in [2.24, 2.45) is 0 Å². The summed E-state index contributed by atoms with van der Waals surface area (Å²) in [5, 5.41) is 12.5. The first-order chi connectivity index (χ1) is 7.87. The van der Waals surface area contributed by atoms with Crippen LogP contribution in [0.1, 0.15) is 34.1 Å². The summed E-state index contributed by atoms with van der Waals surface area (Å²) in [6.07, 6.45) is 5.94. The second-order valence-corrected chi connectivity index (χ2v) is 5.19. The molecule has 0 aromatic carbocycles. The molecule has 1 rings (SSSR count). The molecule has 0 heterocycles. The number of ether oxygens (including phenoxy) is 1. The van der Waals surface area contributed by atoms with Crippen molar-refractivity contribution in [3.8, 4) is 0 Å². The van der Waals surface area contributed by atoms with E-state index in [-0.39, 0.29) is 63.2 Å². The van der Waals surface area contributed by atoms with Crippen molar-refractivity contribution in [3.63, 3.8) is 0 Å². The van der Waals surface area contributed by atoms with E-state index in [9.17, 15) is 0 Å². The smallest absolute Gasteiger partial charge is 1.00 e. The van der Waals surface area contributed by atoms with Crippen molar-refractivity contribution in [1.82, 2.24) is 5.32 Å². The molecule has 2 N–H and O–H groups in total. The molecule has 0 spiro atoms. The van der Waals surface area contributed by atoms with Crippen molar-refractivity contribution in [2.75, 3.05) is 13.7 Å². The molecule has 1 aliphatic rings. The summed E-state index contributed by atoms with van der Waals surface area (Å²) in [5.74, 6) is 0.839. The van der Waals surface area contributed by atoms with Crippen LogP contribution in [0.15, 0.2) is 28.7 Å². The summed E-state index contributed by atoms with van der Waals surface area (Å²) >= 11 is 0. The second kappa shape index (κ2) is 10.9. The number of hydrogen-bond acceptors (Lipinski definition) is 3. The van der Waals surface area contributed by atoms with Gasteiger partial charge in [0.05, 0.1) is 7.11 Å². The van der Waals surface area contributed by atoms with Crippen LogP contribution in [0.5, 0.6) is 0 Å². The summed E-state index contributed by atoms with van der Waals surface area (Å²) < 4.78 is 5.21. The maximum absolute atomic E-state index is 9.07. The van der Waals surface area contributed by atoms with Crippen LogP contribution in [0.25, 0.3) is 0 Å². The number of allylic oxidation sites excluding steroid dienone is 5. The summed E-state index contributed by atoms with van der Waals surface area (Å²) in [7, 11) is 1.65. The first-order valence-electron chi connectivity index (χ1n) is 5.86. The second-order valence-electron chi connectivity index (χ2n) is 5.19. The van der Waals surface area contributed by atoms with Crippen LogP contribution >= 0.6 is 0 Å². The van der Waals surface area contributed by atoms with Crippen LogP contribution < -0.4 is 30.1 Å². The predicted molar refractivity (Wildman–Crippen MR) is 69.1 cm³/mol. The Kier molecular flexibility index (Phi) is 13.7. The topological polar surface area (TPSA) is 41.5 Å². The van der Waals surface area contributed by atoms with Crippen LogP contribution in [-0.2, 0) is 30.9 Å². The van der Waals surface area contributed by atoms with Gasteiger partial charge in [-0.3, -0.25) is 0 Å². The van der Waals surface area contributed by atoms with E-state index < -0.39 is 0 Å². The summed E-state index contributed by atoms with van der Waals surface area (Å²) in [6, 6.07) is 0. The van der Waals surface area contributed by atoms with Gasteiger partial charge in [0.15, 0.2) is 0 Å². The molecule has 113 valence electrons. The van der Waals surface area contributed by atoms with E-state index in [0.29, 0.717) is 6.42 Å². The molecule has 1 radical (unpaired) electrons. The molecule has 0 atom stereocenters. The molecular formula is C14H22Cl2NO2Zr. The molecule has 0 aromatic rings. The van der Waals surface area contributed by atoms with Crippen LogP contribution in [0, 0.1) is 6.08 Å². The van der Waals surface area contributed by atoms with Gasteiger partial charge in [-0.2, -0.15) is 6.08 Å². The molecular weight excluding hydrogens is 376 g/mol. The van der Waals surface area contributed by atoms with Gasteiger partial charge in [0.1, 0.15) is 0 Å². The van der Waals surface area contributed by atoms with Crippen LogP contribution in [-0.4, -0.2) is 24.4 Å². The van der Waals surface area contributed by atoms with Crippen LogP contribution in [0.2, 0.25) is 0 Å². The van der Waals surface area contributed by atoms with E-state index in [2.05, 4.69) is 32.2 Å². The molecule has 0 bridgehead atoms.